The summed E-state index contributed by atoms with van der Waals surface area (Å²) in [5, 5.41) is 3.11. The molecule has 0 atom stereocenters. The average molecular weight is 510 g/mol. The molecule has 37 heavy (non-hydrogen) atoms. The van der Waals surface area contributed by atoms with Crippen LogP contribution in [0.5, 0.6) is 5.75 Å². The molecule has 1 aliphatic heterocycles. The Balaban J connectivity index is 1.51. The van der Waals surface area contributed by atoms with E-state index in [0.717, 1.165) is 81.9 Å². The van der Waals surface area contributed by atoms with E-state index in [1.165, 1.54) is 0 Å². The monoisotopic (exact) mass is 509 g/mol. The van der Waals surface area contributed by atoms with Gasteiger partial charge in [-0.1, -0.05) is 0 Å². The number of benzene rings is 2. The van der Waals surface area contributed by atoms with Crippen LogP contribution in [0.4, 0.5) is 17.1 Å². The molecule has 2 amide bonds. The average Bonchev–Trinajstić information content (AvgIpc) is 2.88. The zero-order chi connectivity index (χ0) is 27.6. The van der Waals surface area contributed by atoms with Crippen molar-refractivity contribution in [3.63, 3.8) is 0 Å². The van der Waals surface area contributed by atoms with Crippen LogP contribution in [0.3, 0.4) is 0 Å². The van der Waals surface area contributed by atoms with E-state index in [0.29, 0.717) is 12.3 Å². The van der Waals surface area contributed by atoms with Gasteiger partial charge in [0.2, 0.25) is 5.91 Å². The van der Waals surface area contributed by atoms with E-state index < -0.39 is 0 Å². The quantitative estimate of drug-likeness (QED) is 0.487. The molecule has 0 bridgehead atoms. The lowest BCUT2D eigenvalue weighted by atomic mass is 9.96. The molecule has 1 saturated heterocycles. The number of anilines is 3. The molecule has 1 aliphatic rings. The molecular weight excluding hydrogens is 466 g/mol. The normalized spacial score (nSPS) is 14.5. The fraction of sp³-hybridized carbons (Fsp3) is 0.517. The molecule has 1 fully saturated rings. The molecule has 0 aliphatic carbocycles. The minimum absolute atomic E-state index is 0.0120. The van der Waals surface area contributed by atoms with Crippen molar-refractivity contribution in [3.05, 3.63) is 45.0 Å². The van der Waals surface area contributed by atoms with Gasteiger partial charge in [-0.2, -0.15) is 0 Å². The van der Waals surface area contributed by atoms with E-state index in [4.69, 9.17) is 16.2 Å². The van der Waals surface area contributed by atoms with Crippen molar-refractivity contribution in [2.75, 3.05) is 50.1 Å². The molecule has 8 heteroatoms. The van der Waals surface area contributed by atoms with Gasteiger partial charge in [-0.25, -0.2) is 0 Å². The molecule has 8 nitrogen and oxygen atoms in total. The number of nitrogens with two attached hydrogens (primary N) is 2. The number of rotatable bonds is 7. The minimum Gasteiger partial charge on any atom is -0.483 e. The third kappa shape index (κ3) is 6.01. The van der Waals surface area contributed by atoms with Gasteiger partial charge in [-0.15, -0.1) is 0 Å². The van der Waals surface area contributed by atoms with E-state index in [-0.39, 0.29) is 24.5 Å². The number of hydrogen-bond acceptors (Lipinski definition) is 6. The molecule has 1 heterocycles. The van der Waals surface area contributed by atoms with Gasteiger partial charge in [0.15, 0.2) is 6.61 Å². The second-order valence-electron chi connectivity index (χ2n) is 10.5. The van der Waals surface area contributed by atoms with Crippen LogP contribution in [-0.2, 0) is 9.59 Å². The molecule has 0 radical (unpaired) electrons. The lowest BCUT2D eigenvalue weighted by Crippen LogP contribution is -2.48. The zero-order valence-electron chi connectivity index (χ0n) is 23.7. The molecule has 2 aromatic carbocycles. The minimum atomic E-state index is -0.0530. The van der Waals surface area contributed by atoms with Crippen LogP contribution in [0.25, 0.3) is 0 Å². The summed E-state index contributed by atoms with van der Waals surface area (Å²) in [4.78, 5) is 29.7. The Morgan fingerprint density at radius 3 is 2.03 bits per heavy atom. The van der Waals surface area contributed by atoms with Gasteiger partial charge in [0.1, 0.15) is 5.75 Å². The first-order chi connectivity index (χ1) is 17.3. The van der Waals surface area contributed by atoms with Gasteiger partial charge in [0.05, 0.1) is 6.54 Å². The number of aryl methyl sites for hydroxylation is 1. The van der Waals surface area contributed by atoms with Gasteiger partial charge in [-0.3, -0.25) is 14.5 Å². The number of likely N-dealkylation sites (tertiary alicyclic amines) is 1. The van der Waals surface area contributed by atoms with Crippen LogP contribution >= 0.6 is 0 Å². The highest BCUT2D eigenvalue weighted by Crippen LogP contribution is 2.32. The lowest BCUT2D eigenvalue weighted by Gasteiger charge is -2.36. The Kier molecular flexibility index (Phi) is 8.74. The van der Waals surface area contributed by atoms with Crippen molar-refractivity contribution in [2.24, 2.45) is 0 Å². The predicted octanol–water partition coefficient (Wildman–Crippen LogP) is 3.95. The number of nitrogen functional groups attached to an aromatic ring is 2. The number of nitrogens with one attached hydrogen (secondary N) is 1. The standard InChI is InChI=1S/C29H43N5O3/c1-16-13-24(17(2)18(3)27(16)30)37-15-26(36)33(8)23-9-11-34(12-10-23)14-25(35)32-29-21(6)19(4)28(31)20(5)22(29)7/h13,23H,9-12,14-15,30-31H2,1-8H3,(H,32,35). The van der Waals surface area contributed by atoms with Crippen molar-refractivity contribution in [3.8, 4) is 5.75 Å². The fourth-order valence-corrected chi connectivity index (χ4v) is 5.04. The maximum atomic E-state index is 12.9. The van der Waals surface area contributed by atoms with Gasteiger partial charge in [0, 0.05) is 43.2 Å². The van der Waals surface area contributed by atoms with Gasteiger partial charge in [0.25, 0.3) is 5.91 Å². The molecule has 202 valence electrons. The third-order valence-electron chi connectivity index (χ3n) is 8.27. The van der Waals surface area contributed by atoms with Crippen LogP contribution in [0, 0.1) is 48.5 Å². The van der Waals surface area contributed by atoms with E-state index in [1.807, 2.05) is 61.6 Å². The number of likely N-dealkylation sites (N-methyl/N-ethyl adjacent to an activating group) is 1. The fourth-order valence-electron chi connectivity index (χ4n) is 5.04. The highest BCUT2D eigenvalue weighted by Gasteiger charge is 2.27. The summed E-state index contributed by atoms with van der Waals surface area (Å²) in [6.45, 7) is 15.6. The van der Waals surface area contributed by atoms with Crippen LogP contribution in [0.2, 0.25) is 0 Å². The van der Waals surface area contributed by atoms with E-state index in [2.05, 4.69) is 10.2 Å². The topological polar surface area (TPSA) is 114 Å². The summed E-state index contributed by atoms with van der Waals surface area (Å²) in [6.07, 6.45) is 1.62. The predicted molar refractivity (Wildman–Crippen MR) is 151 cm³/mol. The Bertz CT molecular complexity index is 1170. The van der Waals surface area contributed by atoms with E-state index in [9.17, 15) is 9.59 Å². The highest BCUT2D eigenvalue weighted by atomic mass is 16.5. The number of ether oxygens (including phenoxy) is 1. The Labute approximate surface area is 221 Å². The second-order valence-corrected chi connectivity index (χ2v) is 10.5. The third-order valence-corrected chi connectivity index (χ3v) is 8.27. The summed E-state index contributed by atoms with van der Waals surface area (Å²) in [5.74, 6) is 0.613. The van der Waals surface area contributed by atoms with Crippen molar-refractivity contribution in [1.82, 2.24) is 9.80 Å². The zero-order valence-corrected chi connectivity index (χ0v) is 23.7. The molecule has 0 spiro atoms. The van der Waals surface area contributed by atoms with E-state index >= 15 is 0 Å². The smallest absolute Gasteiger partial charge is 0.260 e. The molecule has 0 saturated carbocycles. The largest absolute Gasteiger partial charge is 0.483 e. The SMILES string of the molecule is Cc1cc(OCC(=O)N(C)C2CCN(CC(=O)Nc3c(C)c(C)c(N)c(C)c3C)CC2)c(C)c(C)c1N. The summed E-state index contributed by atoms with van der Waals surface area (Å²) >= 11 is 0. The molecule has 0 unspecified atom stereocenters. The molecule has 0 aromatic heterocycles. The number of piperidine rings is 1. The molecule has 5 N–H and O–H groups in total. The number of amides is 2. The summed E-state index contributed by atoms with van der Waals surface area (Å²) in [5.41, 5.74) is 21.6. The van der Waals surface area contributed by atoms with Gasteiger partial charge >= 0.3 is 0 Å². The number of nitrogens with zero attached hydrogens (tertiary/aromatic N) is 2. The van der Waals surface area contributed by atoms with Crippen molar-refractivity contribution in [1.29, 1.82) is 0 Å². The van der Waals surface area contributed by atoms with Crippen LogP contribution in [0.15, 0.2) is 6.07 Å². The molecular formula is C29H43N5O3. The summed E-state index contributed by atoms with van der Waals surface area (Å²) < 4.78 is 5.88. The first kappa shape index (κ1) is 28.3. The Morgan fingerprint density at radius 2 is 1.46 bits per heavy atom. The maximum Gasteiger partial charge on any atom is 0.260 e. The van der Waals surface area contributed by atoms with Gasteiger partial charge in [-0.05, 0) is 106 Å². The Morgan fingerprint density at radius 1 is 0.919 bits per heavy atom. The number of hydrogen-bond donors (Lipinski definition) is 3. The maximum absolute atomic E-state index is 12.9. The summed E-state index contributed by atoms with van der Waals surface area (Å²) in [6, 6.07) is 2.02. The van der Waals surface area contributed by atoms with Crippen molar-refractivity contribution in [2.45, 2.75) is 67.3 Å². The number of carbonyl (C=O) groups excluding carboxylic acids is 2. The second kappa shape index (κ2) is 11.4. The van der Waals surface area contributed by atoms with Gasteiger partial charge < -0.3 is 26.4 Å². The highest BCUT2D eigenvalue weighted by molar-refractivity contribution is 5.95. The van der Waals surface area contributed by atoms with E-state index in [1.54, 1.807) is 4.90 Å². The Hall–Kier alpha value is -3.26. The first-order valence-corrected chi connectivity index (χ1v) is 13.0. The van der Waals surface area contributed by atoms with Crippen molar-refractivity contribution < 1.29 is 14.3 Å². The first-order valence-electron chi connectivity index (χ1n) is 13.0. The van der Waals surface area contributed by atoms with Crippen LogP contribution in [-0.4, -0.2) is 60.9 Å². The molecule has 2 aromatic rings. The lowest BCUT2D eigenvalue weighted by molar-refractivity contribution is -0.135. The van der Waals surface area contributed by atoms with Crippen LogP contribution in [0.1, 0.15) is 51.8 Å². The molecule has 3 rings (SSSR count). The summed E-state index contributed by atoms with van der Waals surface area (Å²) in [7, 11) is 1.84. The van der Waals surface area contributed by atoms with Crippen LogP contribution < -0.4 is 21.5 Å². The number of carbonyl (C=O) groups is 2. The van der Waals surface area contributed by atoms with Crippen molar-refractivity contribution >= 4 is 28.9 Å².